The Morgan fingerprint density at radius 2 is 0.938 bits per heavy atom. The molecule has 0 aromatic rings. The summed E-state index contributed by atoms with van der Waals surface area (Å²) in [6, 6.07) is 0. The Hall–Kier alpha value is 1.46. The summed E-state index contributed by atoms with van der Waals surface area (Å²) in [5.74, 6) is 2.13. The molecule has 2 aliphatic rings. The molecular formula is C14H24I2. The molecule has 0 heterocycles. The zero-order chi connectivity index (χ0) is 11.8. The first-order chi connectivity index (χ1) is 7.38. The van der Waals surface area contributed by atoms with Crippen LogP contribution in [-0.4, -0.2) is 6.84 Å². The number of halogens is 2. The van der Waals surface area contributed by atoms with E-state index < -0.39 is 0 Å². The molecule has 2 fully saturated rings. The molecule has 0 aliphatic heterocycles. The fourth-order valence-electron chi connectivity index (χ4n) is 3.43. The summed E-state index contributed by atoms with van der Waals surface area (Å²) in [7, 11) is 0. The lowest BCUT2D eigenvalue weighted by atomic mass is 9.70. The summed E-state index contributed by atoms with van der Waals surface area (Å²) in [6.07, 6.45) is 11.8. The maximum absolute atomic E-state index is 2.68. The Morgan fingerprint density at radius 3 is 1.19 bits per heavy atom. The van der Waals surface area contributed by atoms with E-state index in [0.717, 1.165) is 11.8 Å². The zero-order valence-electron chi connectivity index (χ0n) is 10.6. The summed E-state index contributed by atoms with van der Waals surface area (Å²) in [4.78, 5) is 0. The maximum Gasteiger partial charge on any atom is 0.0194 e. The molecule has 94 valence electrons. The van der Waals surface area contributed by atoms with E-state index in [1.807, 2.05) is 0 Å². The highest BCUT2D eigenvalue weighted by Crippen LogP contribution is 2.47. The van der Waals surface area contributed by atoms with E-state index in [2.05, 4.69) is 59.0 Å². The van der Waals surface area contributed by atoms with Gasteiger partial charge in [0, 0.05) is 6.84 Å². The molecule has 2 heteroatoms. The molecule has 16 heavy (non-hydrogen) atoms. The summed E-state index contributed by atoms with van der Waals surface area (Å²) < 4.78 is 1.22. The largest absolute Gasteiger partial charge is 0.0792 e. The predicted octanol–water partition coefficient (Wildman–Crippen LogP) is 5.75. The van der Waals surface area contributed by atoms with Gasteiger partial charge in [0.2, 0.25) is 0 Å². The monoisotopic (exact) mass is 446 g/mol. The van der Waals surface area contributed by atoms with Gasteiger partial charge >= 0.3 is 0 Å². The minimum Gasteiger partial charge on any atom is -0.0792 e. The molecule has 0 unspecified atom stereocenters. The van der Waals surface area contributed by atoms with E-state index in [-0.39, 0.29) is 0 Å². The Bertz CT molecular complexity index is 199. The maximum atomic E-state index is 2.68. The molecule has 0 nitrogen and oxygen atoms in total. The van der Waals surface area contributed by atoms with Gasteiger partial charge in [-0.25, -0.2) is 0 Å². The third kappa shape index (κ3) is 3.72. The average Bonchev–Trinajstić information content (AvgIpc) is 2.19. The first-order valence-corrected chi connectivity index (χ1v) is 8.92. The second-order valence-electron chi connectivity index (χ2n) is 6.50. The lowest BCUT2D eigenvalue weighted by molar-refractivity contribution is 0.176. The van der Waals surface area contributed by atoms with Crippen molar-refractivity contribution in [2.45, 2.75) is 72.1 Å². The fourth-order valence-corrected chi connectivity index (χ4v) is 4.67. The highest BCUT2D eigenvalue weighted by Gasteiger charge is 2.36. The van der Waals surface area contributed by atoms with Gasteiger partial charge in [0.25, 0.3) is 0 Å². The predicted molar refractivity (Wildman–Crippen MR) is 88.8 cm³/mol. The van der Waals surface area contributed by atoms with Crippen LogP contribution in [0.5, 0.6) is 0 Å². The average molecular weight is 446 g/mol. The third-order valence-electron chi connectivity index (χ3n) is 4.81. The molecule has 0 bridgehead atoms. The molecule has 0 radical (unpaired) electrons. The first-order valence-electron chi connectivity index (χ1n) is 6.76. The molecule has 0 atom stereocenters. The van der Waals surface area contributed by atoms with Crippen LogP contribution in [-0.2, 0) is 0 Å². The van der Waals surface area contributed by atoms with Crippen molar-refractivity contribution in [3.63, 3.8) is 0 Å². The van der Waals surface area contributed by atoms with Gasteiger partial charge in [-0.2, -0.15) is 0 Å². The molecule has 0 amide bonds. The zero-order valence-corrected chi connectivity index (χ0v) is 14.9. The van der Waals surface area contributed by atoms with Crippen molar-refractivity contribution >= 4 is 45.2 Å². The van der Waals surface area contributed by atoms with Gasteiger partial charge in [-0.1, -0.05) is 59.0 Å². The van der Waals surface area contributed by atoms with Crippen molar-refractivity contribution in [1.29, 1.82) is 0 Å². The van der Waals surface area contributed by atoms with Crippen molar-refractivity contribution < 1.29 is 0 Å². The normalized spacial score (nSPS) is 50.2. The minimum atomic E-state index is 0.612. The second-order valence-corrected chi connectivity index (χ2v) is 11.7. The second kappa shape index (κ2) is 5.22. The number of hydrogen-bond donors (Lipinski definition) is 0. The Morgan fingerprint density at radius 1 is 0.688 bits per heavy atom. The Balaban J connectivity index is 1.82. The van der Waals surface area contributed by atoms with Gasteiger partial charge in [0.15, 0.2) is 0 Å². The van der Waals surface area contributed by atoms with E-state index in [1.54, 1.807) is 0 Å². The highest BCUT2D eigenvalue weighted by atomic mass is 127. The van der Waals surface area contributed by atoms with Crippen LogP contribution in [0.1, 0.15) is 65.2 Å². The first kappa shape index (κ1) is 13.9. The van der Waals surface area contributed by atoms with Crippen LogP contribution in [0.25, 0.3) is 0 Å². The fraction of sp³-hybridized carbons (Fsp3) is 1.00. The molecule has 0 saturated heterocycles. The number of rotatable bonds is 1. The van der Waals surface area contributed by atoms with Crippen LogP contribution in [0.3, 0.4) is 0 Å². The van der Waals surface area contributed by atoms with E-state index in [1.165, 1.54) is 51.4 Å². The van der Waals surface area contributed by atoms with Crippen LogP contribution in [0.4, 0.5) is 0 Å². The van der Waals surface area contributed by atoms with Crippen molar-refractivity contribution in [3.05, 3.63) is 0 Å². The van der Waals surface area contributed by atoms with Crippen molar-refractivity contribution in [3.8, 4) is 0 Å². The van der Waals surface area contributed by atoms with Crippen LogP contribution < -0.4 is 0 Å². The standard InChI is InChI=1S/C14H24I2/c1-13(15)7-3-11(4-8-13)12-5-9-14(2,16)10-6-12/h11-12H,3-10H2,1-2H3. The summed E-state index contributed by atoms with van der Waals surface area (Å²) in [6.45, 7) is 4.87. The van der Waals surface area contributed by atoms with Crippen molar-refractivity contribution in [1.82, 2.24) is 0 Å². The van der Waals surface area contributed by atoms with Gasteiger partial charge in [-0.3, -0.25) is 0 Å². The molecule has 0 spiro atoms. The SMILES string of the molecule is CC1(I)CCC(C2CCC(C)(I)CC2)CC1. The lowest BCUT2D eigenvalue weighted by Crippen LogP contribution is -2.32. The smallest absolute Gasteiger partial charge is 0.0194 e. The molecule has 2 saturated carbocycles. The summed E-state index contributed by atoms with van der Waals surface area (Å²) in [5.41, 5.74) is 0. The Labute approximate surface area is 128 Å². The molecule has 2 rings (SSSR count). The Kier molecular flexibility index (Phi) is 4.53. The lowest BCUT2D eigenvalue weighted by Gasteiger charge is -2.41. The molecular weight excluding hydrogens is 422 g/mol. The summed E-state index contributed by atoms with van der Waals surface area (Å²) >= 11 is 5.35. The van der Waals surface area contributed by atoms with Crippen LogP contribution in [0.15, 0.2) is 0 Å². The van der Waals surface area contributed by atoms with E-state index in [4.69, 9.17) is 0 Å². The molecule has 2 aliphatic carbocycles. The van der Waals surface area contributed by atoms with Gasteiger partial charge < -0.3 is 0 Å². The highest BCUT2D eigenvalue weighted by molar-refractivity contribution is 14.1. The van der Waals surface area contributed by atoms with Gasteiger partial charge in [0.1, 0.15) is 0 Å². The van der Waals surface area contributed by atoms with Crippen LogP contribution >= 0.6 is 45.2 Å². The van der Waals surface area contributed by atoms with E-state index >= 15 is 0 Å². The van der Waals surface area contributed by atoms with Gasteiger partial charge in [-0.15, -0.1) is 0 Å². The minimum absolute atomic E-state index is 0.612. The number of hydrogen-bond acceptors (Lipinski definition) is 0. The van der Waals surface area contributed by atoms with Crippen LogP contribution in [0, 0.1) is 11.8 Å². The molecule has 0 aromatic carbocycles. The quantitative estimate of drug-likeness (QED) is 0.356. The molecule has 0 N–H and O–H groups in total. The van der Waals surface area contributed by atoms with Gasteiger partial charge in [0.05, 0.1) is 0 Å². The van der Waals surface area contributed by atoms with E-state index in [0.29, 0.717) is 6.84 Å². The third-order valence-corrected chi connectivity index (χ3v) is 6.97. The summed E-state index contributed by atoms with van der Waals surface area (Å²) in [5, 5.41) is 0. The van der Waals surface area contributed by atoms with Gasteiger partial charge in [-0.05, 0) is 63.2 Å². The molecule has 0 aromatic heterocycles. The topological polar surface area (TPSA) is 0 Å². The van der Waals surface area contributed by atoms with Crippen molar-refractivity contribution in [2.24, 2.45) is 11.8 Å². The van der Waals surface area contributed by atoms with E-state index in [9.17, 15) is 0 Å². The van der Waals surface area contributed by atoms with Crippen LogP contribution in [0.2, 0.25) is 0 Å². The number of alkyl halides is 2. The van der Waals surface area contributed by atoms with Crippen molar-refractivity contribution in [2.75, 3.05) is 0 Å².